The summed E-state index contributed by atoms with van der Waals surface area (Å²) < 4.78 is 10.3. The summed E-state index contributed by atoms with van der Waals surface area (Å²) >= 11 is 0. The fourth-order valence-corrected chi connectivity index (χ4v) is 1.75. The molecule has 1 aromatic carbocycles. The summed E-state index contributed by atoms with van der Waals surface area (Å²) in [6.45, 7) is 3.84. The number of hydrogen-bond donors (Lipinski definition) is 3. The largest absolute Gasteiger partial charge is 0.491 e. The molecule has 1 aromatic heterocycles. The Morgan fingerprint density at radius 2 is 2.23 bits per heavy atom. The van der Waals surface area contributed by atoms with Crippen LogP contribution in [0.1, 0.15) is 11.3 Å². The summed E-state index contributed by atoms with van der Waals surface area (Å²) in [7, 11) is 0. The van der Waals surface area contributed by atoms with E-state index in [1.54, 1.807) is 13.0 Å². The summed E-state index contributed by atoms with van der Waals surface area (Å²) in [5.41, 5.74) is 1.08. The van der Waals surface area contributed by atoms with Crippen LogP contribution in [0.4, 0.5) is 10.6 Å². The van der Waals surface area contributed by atoms with E-state index < -0.39 is 12.1 Å². The molecule has 118 valence electrons. The van der Waals surface area contributed by atoms with Gasteiger partial charge in [0.1, 0.15) is 24.2 Å². The maximum Gasteiger partial charge on any atom is 0.320 e. The van der Waals surface area contributed by atoms with E-state index in [-0.39, 0.29) is 13.2 Å². The van der Waals surface area contributed by atoms with Crippen molar-refractivity contribution in [3.8, 4) is 5.75 Å². The molecule has 0 bridgehead atoms. The van der Waals surface area contributed by atoms with Crippen LogP contribution in [0.2, 0.25) is 0 Å². The van der Waals surface area contributed by atoms with Gasteiger partial charge < -0.3 is 19.7 Å². The van der Waals surface area contributed by atoms with Gasteiger partial charge in [-0.3, -0.25) is 5.32 Å². The lowest BCUT2D eigenvalue weighted by molar-refractivity contribution is 0.108. The molecule has 0 spiro atoms. The molecule has 7 heteroatoms. The monoisotopic (exact) mass is 305 g/mol. The molecule has 1 heterocycles. The van der Waals surface area contributed by atoms with Gasteiger partial charge in [0, 0.05) is 12.6 Å². The maximum absolute atomic E-state index is 11.6. The van der Waals surface area contributed by atoms with E-state index in [0.717, 1.165) is 5.56 Å². The molecule has 1 atom stereocenters. The first kappa shape index (κ1) is 15.8. The van der Waals surface area contributed by atoms with E-state index >= 15 is 0 Å². The topological polar surface area (TPSA) is 96.6 Å². The number of aromatic nitrogens is 1. The summed E-state index contributed by atoms with van der Waals surface area (Å²) in [4.78, 5) is 11.6. The van der Waals surface area contributed by atoms with E-state index in [1.807, 2.05) is 31.2 Å². The molecule has 2 rings (SSSR count). The molecular formula is C15H19N3O4. The molecule has 0 aliphatic carbocycles. The summed E-state index contributed by atoms with van der Waals surface area (Å²) in [6, 6.07) is 8.65. The van der Waals surface area contributed by atoms with Gasteiger partial charge in [-0.05, 0) is 31.5 Å². The van der Waals surface area contributed by atoms with Gasteiger partial charge in [0.25, 0.3) is 0 Å². The van der Waals surface area contributed by atoms with Crippen molar-refractivity contribution in [3.05, 3.63) is 41.7 Å². The third-order valence-electron chi connectivity index (χ3n) is 2.80. The molecule has 0 saturated heterocycles. The zero-order chi connectivity index (χ0) is 15.9. The number of urea groups is 1. The lowest BCUT2D eigenvalue weighted by Gasteiger charge is -2.13. The second-order valence-corrected chi connectivity index (χ2v) is 4.94. The van der Waals surface area contributed by atoms with Crippen LogP contribution in [0, 0.1) is 13.8 Å². The van der Waals surface area contributed by atoms with Crippen LogP contribution in [-0.2, 0) is 0 Å². The quantitative estimate of drug-likeness (QED) is 0.757. The van der Waals surface area contributed by atoms with Crippen LogP contribution in [0.5, 0.6) is 5.75 Å². The van der Waals surface area contributed by atoms with Crippen molar-refractivity contribution in [3.63, 3.8) is 0 Å². The Morgan fingerprint density at radius 3 is 2.91 bits per heavy atom. The van der Waals surface area contributed by atoms with Crippen molar-refractivity contribution >= 4 is 11.8 Å². The number of amides is 2. The number of hydrogen-bond acceptors (Lipinski definition) is 5. The second kappa shape index (κ2) is 7.46. The van der Waals surface area contributed by atoms with Crippen LogP contribution in [0.3, 0.4) is 0 Å². The average Bonchev–Trinajstić information content (AvgIpc) is 2.88. The first-order valence-corrected chi connectivity index (χ1v) is 6.88. The van der Waals surface area contributed by atoms with E-state index in [2.05, 4.69) is 15.8 Å². The van der Waals surface area contributed by atoms with E-state index in [0.29, 0.717) is 17.3 Å². The van der Waals surface area contributed by atoms with Gasteiger partial charge in [-0.15, -0.1) is 0 Å². The Kier molecular flexibility index (Phi) is 5.37. The van der Waals surface area contributed by atoms with E-state index in [1.165, 1.54) is 0 Å². The molecule has 2 aromatic rings. The molecule has 0 aliphatic heterocycles. The van der Waals surface area contributed by atoms with Crippen LogP contribution >= 0.6 is 0 Å². The van der Waals surface area contributed by atoms with Gasteiger partial charge in [0.15, 0.2) is 5.82 Å². The highest BCUT2D eigenvalue weighted by Gasteiger charge is 2.09. The van der Waals surface area contributed by atoms with Crippen molar-refractivity contribution in [2.45, 2.75) is 20.0 Å². The number of nitrogens with zero attached hydrogens (tertiary/aromatic N) is 1. The maximum atomic E-state index is 11.6. The van der Waals surface area contributed by atoms with E-state index in [9.17, 15) is 9.90 Å². The third-order valence-corrected chi connectivity index (χ3v) is 2.80. The predicted molar refractivity (Wildman–Crippen MR) is 80.9 cm³/mol. The van der Waals surface area contributed by atoms with Gasteiger partial charge in [-0.25, -0.2) is 4.79 Å². The minimum Gasteiger partial charge on any atom is -0.491 e. The Morgan fingerprint density at radius 1 is 1.41 bits per heavy atom. The van der Waals surface area contributed by atoms with Crippen LogP contribution < -0.4 is 15.4 Å². The van der Waals surface area contributed by atoms with Gasteiger partial charge in [-0.2, -0.15) is 0 Å². The zero-order valence-electron chi connectivity index (χ0n) is 12.5. The second-order valence-electron chi connectivity index (χ2n) is 4.94. The van der Waals surface area contributed by atoms with Gasteiger partial charge in [0.2, 0.25) is 0 Å². The number of carbonyl (C=O) groups excluding carboxylic acids is 1. The zero-order valence-corrected chi connectivity index (χ0v) is 12.5. The number of aliphatic hydroxyl groups is 1. The molecular weight excluding hydrogens is 286 g/mol. The number of aryl methyl sites for hydroxylation is 2. The fourth-order valence-electron chi connectivity index (χ4n) is 1.75. The van der Waals surface area contributed by atoms with E-state index in [4.69, 9.17) is 9.26 Å². The SMILES string of the molecule is Cc1cccc(OC[C@@H](O)CNC(=O)Nc2cc(C)on2)c1. The summed E-state index contributed by atoms with van der Waals surface area (Å²) in [6.07, 6.45) is -0.815. The number of benzene rings is 1. The van der Waals surface area contributed by atoms with Crippen LogP contribution in [-0.4, -0.2) is 35.5 Å². The lowest BCUT2D eigenvalue weighted by Crippen LogP contribution is -2.37. The highest BCUT2D eigenvalue weighted by Crippen LogP contribution is 2.12. The van der Waals surface area contributed by atoms with Crippen LogP contribution in [0.25, 0.3) is 0 Å². The minimum absolute atomic E-state index is 0.0640. The molecule has 0 aliphatic rings. The Hall–Kier alpha value is -2.54. The number of nitrogens with one attached hydrogen (secondary N) is 2. The van der Waals surface area contributed by atoms with Gasteiger partial charge in [-0.1, -0.05) is 17.3 Å². The van der Waals surface area contributed by atoms with Gasteiger partial charge >= 0.3 is 6.03 Å². The van der Waals surface area contributed by atoms with Crippen LogP contribution in [0.15, 0.2) is 34.9 Å². The smallest absolute Gasteiger partial charge is 0.320 e. The molecule has 3 N–H and O–H groups in total. The number of ether oxygens (including phenoxy) is 1. The summed E-state index contributed by atoms with van der Waals surface area (Å²) in [5, 5.41) is 18.4. The van der Waals surface area contributed by atoms with Crippen molar-refractivity contribution in [1.29, 1.82) is 0 Å². The Labute approximate surface area is 128 Å². The number of anilines is 1. The molecule has 0 fully saturated rings. The standard InChI is InChI=1S/C15H19N3O4/c1-10-4-3-5-13(6-10)21-9-12(19)8-16-15(20)17-14-7-11(2)22-18-14/h3-7,12,19H,8-9H2,1-2H3,(H2,16,17,18,20)/t12-/m0/s1. The average molecular weight is 305 g/mol. The van der Waals surface area contributed by atoms with Gasteiger partial charge in [0.05, 0.1) is 0 Å². The lowest BCUT2D eigenvalue weighted by atomic mass is 10.2. The number of carbonyl (C=O) groups is 1. The van der Waals surface area contributed by atoms with Crippen molar-refractivity contribution in [2.24, 2.45) is 0 Å². The molecule has 0 radical (unpaired) electrons. The first-order chi connectivity index (χ1) is 10.5. The summed E-state index contributed by atoms with van der Waals surface area (Å²) in [5.74, 6) is 1.60. The number of aliphatic hydroxyl groups excluding tert-OH is 1. The molecule has 0 saturated carbocycles. The third kappa shape index (κ3) is 5.10. The number of rotatable bonds is 6. The Balaban J connectivity index is 1.68. The highest BCUT2D eigenvalue weighted by molar-refractivity contribution is 5.88. The molecule has 22 heavy (non-hydrogen) atoms. The molecule has 2 amide bonds. The predicted octanol–water partition coefficient (Wildman–Crippen LogP) is 1.85. The fraction of sp³-hybridized carbons (Fsp3) is 0.333. The highest BCUT2D eigenvalue weighted by atomic mass is 16.5. The van der Waals surface area contributed by atoms with Crippen molar-refractivity contribution < 1.29 is 19.2 Å². The normalized spacial score (nSPS) is 11.8. The van der Waals surface area contributed by atoms with Crippen molar-refractivity contribution in [2.75, 3.05) is 18.5 Å². The van der Waals surface area contributed by atoms with Crippen molar-refractivity contribution in [1.82, 2.24) is 10.5 Å². The molecule has 0 unspecified atom stereocenters. The molecule has 7 nitrogen and oxygen atoms in total. The Bertz CT molecular complexity index is 627. The first-order valence-electron chi connectivity index (χ1n) is 6.88. The minimum atomic E-state index is -0.815.